The highest BCUT2D eigenvalue weighted by Gasteiger charge is 2.12. The number of hydrogen-bond acceptors (Lipinski definition) is 0. The fourth-order valence-corrected chi connectivity index (χ4v) is 4.48. The van der Waals surface area contributed by atoms with Gasteiger partial charge in [-0.2, -0.15) is 0 Å². The lowest BCUT2D eigenvalue weighted by atomic mass is 9.91. The number of allylic oxidation sites excluding steroid dienone is 4. The summed E-state index contributed by atoms with van der Waals surface area (Å²) in [6, 6.07) is 29.2. The van der Waals surface area contributed by atoms with Gasteiger partial charge in [-0.3, -0.25) is 0 Å². The molecule has 1 aliphatic rings. The SMILES string of the molecule is C1=CC(c2cccc3cc4ccc5cc6ccccc6cc5c4cc23)C=C1. The van der Waals surface area contributed by atoms with E-state index in [0.717, 1.165) is 0 Å². The molecule has 0 aromatic heterocycles. The Hall–Kier alpha value is -3.38. The molecule has 0 saturated carbocycles. The first-order valence-corrected chi connectivity index (χ1v) is 9.50. The minimum Gasteiger partial charge on any atom is -0.0732 e. The summed E-state index contributed by atoms with van der Waals surface area (Å²) in [7, 11) is 0. The van der Waals surface area contributed by atoms with Crippen molar-refractivity contribution in [3.05, 3.63) is 109 Å². The summed E-state index contributed by atoms with van der Waals surface area (Å²) in [6.45, 7) is 0. The molecular formula is C27H18. The Balaban J connectivity index is 1.74. The molecule has 0 saturated heterocycles. The Labute approximate surface area is 158 Å². The molecule has 0 heteroatoms. The Kier molecular flexibility index (Phi) is 3.04. The van der Waals surface area contributed by atoms with Gasteiger partial charge in [-0.05, 0) is 72.9 Å². The number of fused-ring (bicyclic) bond motifs is 5. The maximum atomic E-state index is 2.40. The minimum absolute atomic E-state index is 0.377. The molecule has 0 bridgehead atoms. The van der Waals surface area contributed by atoms with Crippen LogP contribution in [0.15, 0.2) is 103 Å². The van der Waals surface area contributed by atoms with E-state index in [9.17, 15) is 0 Å². The van der Waals surface area contributed by atoms with E-state index in [0.29, 0.717) is 5.92 Å². The van der Waals surface area contributed by atoms with Crippen molar-refractivity contribution < 1.29 is 0 Å². The molecule has 0 unspecified atom stereocenters. The topological polar surface area (TPSA) is 0 Å². The van der Waals surface area contributed by atoms with E-state index in [4.69, 9.17) is 0 Å². The molecule has 5 aromatic rings. The van der Waals surface area contributed by atoms with E-state index in [2.05, 4.69) is 103 Å². The summed E-state index contributed by atoms with van der Waals surface area (Å²) in [6.07, 6.45) is 8.84. The fraction of sp³-hybridized carbons (Fsp3) is 0.0370. The van der Waals surface area contributed by atoms with Crippen molar-refractivity contribution in [2.75, 3.05) is 0 Å². The first-order valence-electron chi connectivity index (χ1n) is 9.50. The van der Waals surface area contributed by atoms with Crippen LogP contribution in [0, 0.1) is 0 Å². The largest absolute Gasteiger partial charge is 0.0732 e. The molecule has 1 aliphatic carbocycles. The van der Waals surface area contributed by atoms with Gasteiger partial charge in [0, 0.05) is 5.92 Å². The molecule has 0 aliphatic heterocycles. The first kappa shape index (κ1) is 14.8. The molecule has 0 spiro atoms. The van der Waals surface area contributed by atoms with Gasteiger partial charge in [-0.15, -0.1) is 0 Å². The van der Waals surface area contributed by atoms with Gasteiger partial charge in [0.15, 0.2) is 0 Å². The first-order chi connectivity index (χ1) is 13.4. The van der Waals surface area contributed by atoms with E-state index < -0.39 is 0 Å². The summed E-state index contributed by atoms with van der Waals surface area (Å²) in [4.78, 5) is 0. The van der Waals surface area contributed by atoms with Gasteiger partial charge in [-0.25, -0.2) is 0 Å². The third-order valence-corrected chi connectivity index (χ3v) is 5.84. The van der Waals surface area contributed by atoms with Gasteiger partial charge in [-0.1, -0.05) is 78.9 Å². The van der Waals surface area contributed by atoms with Crippen molar-refractivity contribution in [2.45, 2.75) is 5.92 Å². The van der Waals surface area contributed by atoms with Crippen LogP contribution in [0.3, 0.4) is 0 Å². The molecule has 126 valence electrons. The van der Waals surface area contributed by atoms with Crippen molar-refractivity contribution in [1.29, 1.82) is 0 Å². The summed E-state index contributed by atoms with van der Waals surface area (Å²) in [5, 5.41) is 10.5. The zero-order valence-electron chi connectivity index (χ0n) is 14.9. The van der Waals surface area contributed by atoms with Gasteiger partial charge < -0.3 is 0 Å². The zero-order valence-corrected chi connectivity index (χ0v) is 14.9. The fourth-order valence-electron chi connectivity index (χ4n) is 4.48. The van der Waals surface area contributed by atoms with E-state index in [1.54, 1.807) is 0 Å². The molecule has 5 aromatic carbocycles. The van der Waals surface area contributed by atoms with Crippen LogP contribution in [0.1, 0.15) is 11.5 Å². The molecule has 0 radical (unpaired) electrons. The molecule has 0 atom stereocenters. The van der Waals surface area contributed by atoms with Gasteiger partial charge in [0.05, 0.1) is 0 Å². The monoisotopic (exact) mass is 342 g/mol. The lowest BCUT2D eigenvalue weighted by Gasteiger charge is -2.13. The van der Waals surface area contributed by atoms with E-state index >= 15 is 0 Å². The summed E-state index contributed by atoms with van der Waals surface area (Å²) < 4.78 is 0. The Morgan fingerprint density at radius 3 is 1.81 bits per heavy atom. The van der Waals surface area contributed by atoms with Crippen LogP contribution >= 0.6 is 0 Å². The van der Waals surface area contributed by atoms with Gasteiger partial charge in [0.25, 0.3) is 0 Å². The van der Waals surface area contributed by atoms with E-state index in [1.165, 1.54) is 48.7 Å². The number of hydrogen-bond donors (Lipinski definition) is 0. The van der Waals surface area contributed by atoms with Crippen molar-refractivity contribution in [3.63, 3.8) is 0 Å². The molecule has 27 heavy (non-hydrogen) atoms. The van der Waals surface area contributed by atoms with Crippen molar-refractivity contribution in [2.24, 2.45) is 0 Å². The summed E-state index contributed by atoms with van der Waals surface area (Å²) >= 11 is 0. The highest BCUT2D eigenvalue weighted by Crippen LogP contribution is 2.36. The summed E-state index contributed by atoms with van der Waals surface area (Å²) in [5.41, 5.74) is 1.39. The molecule has 0 fully saturated rings. The van der Waals surface area contributed by atoms with Gasteiger partial charge in [0.2, 0.25) is 0 Å². The van der Waals surface area contributed by atoms with Crippen LogP contribution in [-0.2, 0) is 0 Å². The zero-order chi connectivity index (χ0) is 17.8. The van der Waals surface area contributed by atoms with Crippen LogP contribution in [0.4, 0.5) is 0 Å². The van der Waals surface area contributed by atoms with Crippen LogP contribution in [-0.4, -0.2) is 0 Å². The lowest BCUT2D eigenvalue weighted by molar-refractivity contribution is 1.12. The average Bonchev–Trinajstić information content (AvgIpc) is 3.25. The van der Waals surface area contributed by atoms with Crippen LogP contribution in [0.2, 0.25) is 0 Å². The molecule has 0 N–H and O–H groups in total. The maximum absolute atomic E-state index is 2.40. The average molecular weight is 342 g/mol. The Morgan fingerprint density at radius 1 is 0.444 bits per heavy atom. The van der Waals surface area contributed by atoms with Crippen molar-refractivity contribution in [3.8, 4) is 0 Å². The molecule has 0 amide bonds. The second-order valence-electron chi connectivity index (χ2n) is 7.42. The normalized spacial score (nSPS) is 14.2. The van der Waals surface area contributed by atoms with Crippen molar-refractivity contribution >= 4 is 43.1 Å². The molecular weight excluding hydrogens is 324 g/mol. The standard InChI is InChI=1S/C27H18/c1-2-7-18(6-1)24-11-5-10-21-15-23-13-12-22-14-19-8-3-4-9-20(19)16-25(22)27(23)17-26(21)24/h1-18H. The molecule has 0 heterocycles. The lowest BCUT2D eigenvalue weighted by Crippen LogP contribution is -1.91. The van der Waals surface area contributed by atoms with Gasteiger partial charge >= 0.3 is 0 Å². The predicted octanol–water partition coefficient (Wildman–Crippen LogP) is 7.51. The van der Waals surface area contributed by atoms with E-state index in [-0.39, 0.29) is 0 Å². The minimum atomic E-state index is 0.377. The Bertz CT molecular complexity index is 1400. The quantitative estimate of drug-likeness (QED) is 0.218. The third kappa shape index (κ3) is 2.23. The number of rotatable bonds is 1. The number of benzene rings is 5. The second-order valence-corrected chi connectivity index (χ2v) is 7.42. The van der Waals surface area contributed by atoms with E-state index in [1.807, 2.05) is 0 Å². The molecule has 6 rings (SSSR count). The van der Waals surface area contributed by atoms with Crippen LogP contribution in [0.25, 0.3) is 43.1 Å². The summed E-state index contributed by atoms with van der Waals surface area (Å²) in [5.74, 6) is 0.377. The van der Waals surface area contributed by atoms with Gasteiger partial charge in [0.1, 0.15) is 0 Å². The predicted molar refractivity (Wildman–Crippen MR) is 117 cm³/mol. The highest BCUT2D eigenvalue weighted by molar-refractivity contribution is 6.15. The molecule has 0 nitrogen and oxygen atoms in total. The van der Waals surface area contributed by atoms with Crippen LogP contribution < -0.4 is 0 Å². The van der Waals surface area contributed by atoms with Crippen LogP contribution in [0.5, 0.6) is 0 Å². The van der Waals surface area contributed by atoms with Crippen molar-refractivity contribution in [1.82, 2.24) is 0 Å². The maximum Gasteiger partial charge on any atom is 0.0211 e. The smallest absolute Gasteiger partial charge is 0.0211 e. The Morgan fingerprint density at radius 2 is 1.04 bits per heavy atom. The third-order valence-electron chi connectivity index (χ3n) is 5.84. The highest BCUT2D eigenvalue weighted by atomic mass is 14.2. The second kappa shape index (κ2) is 5.56.